The summed E-state index contributed by atoms with van der Waals surface area (Å²) in [5.41, 5.74) is 6.56. The van der Waals surface area contributed by atoms with Gasteiger partial charge in [-0.3, -0.25) is 4.79 Å². The van der Waals surface area contributed by atoms with E-state index in [0.29, 0.717) is 23.9 Å². The fraction of sp³-hybridized carbons (Fsp3) is 0.667. The van der Waals surface area contributed by atoms with Gasteiger partial charge in [0.1, 0.15) is 0 Å². The summed E-state index contributed by atoms with van der Waals surface area (Å²) in [5.74, 6) is 0.590. The standard InChI is InChI=1S/C12H21N3O2/c1-8(2)10(13)5-6-15(4)12(16)11-9(3)14-7-17-11/h7-8,10H,5-6,13H2,1-4H3. The molecule has 1 rings (SSSR count). The molecular formula is C12H21N3O2. The molecule has 96 valence electrons. The van der Waals surface area contributed by atoms with Crippen molar-refractivity contribution in [2.75, 3.05) is 13.6 Å². The van der Waals surface area contributed by atoms with Crippen LogP contribution in [0.4, 0.5) is 0 Å². The van der Waals surface area contributed by atoms with Crippen LogP contribution in [0.3, 0.4) is 0 Å². The van der Waals surface area contributed by atoms with Gasteiger partial charge >= 0.3 is 0 Å². The largest absolute Gasteiger partial charge is 0.438 e. The molecule has 0 saturated carbocycles. The number of amides is 1. The maximum atomic E-state index is 12.0. The molecule has 0 spiro atoms. The molecule has 1 amide bonds. The molecule has 1 unspecified atom stereocenters. The third kappa shape index (κ3) is 3.56. The molecule has 5 nitrogen and oxygen atoms in total. The Morgan fingerprint density at radius 1 is 1.59 bits per heavy atom. The summed E-state index contributed by atoms with van der Waals surface area (Å²) in [6, 6.07) is 0.112. The van der Waals surface area contributed by atoms with E-state index in [0.717, 1.165) is 6.42 Å². The summed E-state index contributed by atoms with van der Waals surface area (Å²) in [6.45, 7) is 6.53. The van der Waals surface area contributed by atoms with E-state index in [1.165, 1.54) is 6.39 Å². The summed E-state index contributed by atoms with van der Waals surface area (Å²) in [7, 11) is 1.75. The van der Waals surface area contributed by atoms with Crippen molar-refractivity contribution in [1.82, 2.24) is 9.88 Å². The van der Waals surface area contributed by atoms with E-state index in [1.54, 1.807) is 18.9 Å². The fourth-order valence-corrected chi connectivity index (χ4v) is 1.46. The number of rotatable bonds is 5. The molecule has 1 aromatic rings. The maximum Gasteiger partial charge on any atom is 0.291 e. The van der Waals surface area contributed by atoms with Gasteiger partial charge in [0.15, 0.2) is 6.39 Å². The average Bonchev–Trinajstić information content (AvgIpc) is 2.70. The molecule has 1 heterocycles. The minimum Gasteiger partial charge on any atom is -0.438 e. The van der Waals surface area contributed by atoms with Crippen molar-refractivity contribution < 1.29 is 9.21 Å². The van der Waals surface area contributed by atoms with Crippen LogP contribution >= 0.6 is 0 Å². The van der Waals surface area contributed by atoms with Crippen molar-refractivity contribution in [3.05, 3.63) is 17.8 Å². The van der Waals surface area contributed by atoms with Crippen molar-refractivity contribution in [2.45, 2.75) is 33.2 Å². The lowest BCUT2D eigenvalue weighted by Gasteiger charge is -2.20. The first-order chi connectivity index (χ1) is 7.93. The molecule has 1 atom stereocenters. The lowest BCUT2D eigenvalue weighted by molar-refractivity contribution is 0.0756. The summed E-state index contributed by atoms with van der Waals surface area (Å²) < 4.78 is 5.07. The molecule has 0 radical (unpaired) electrons. The van der Waals surface area contributed by atoms with Gasteiger partial charge in [0, 0.05) is 19.6 Å². The summed E-state index contributed by atoms with van der Waals surface area (Å²) in [4.78, 5) is 17.5. The predicted octanol–water partition coefficient (Wildman–Crippen LogP) is 1.43. The lowest BCUT2D eigenvalue weighted by Crippen LogP contribution is -2.34. The van der Waals surface area contributed by atoms with Crippen molar-refractivity contribution >= 4 is 5.91 Å². The Hall–Kier alpha value is -1.36. The Morgan fingerprint density at radius 3 is 2.71 bits per heavy atom. The molecule has 0 aliphatic carbocycles. The number of aromatic nitrogens is 1. The molecule has 0 bridgehead atoms. The summed E-state index contributed by atoms with van der Waals surface area (Å²) >= 11 is 0. The van der Waals surface area contributed by atoms with E-state index in [4.69, 9.17) is 10.2 Å². The van der Waals surface area contributed by atoms with Gasteiger partial charge in [-0.05, 0) is 19.3 Å². The van der Waals surface area contributed by atoms with Crippen LogP contribution in [0.15, 0.2) is 10.8 Å². The van der Waals surface area contributed by atoms with Crippen LogP contribution in [-0.2, 0) is 0 Å². The minimum atomic E-state index is -0.143. The number of nitrogens with two attached hydrogens (primary N) is 1. The van der Waals surface area contributed by atoms with Gasteiger partial charge in [0.2, 0.25) is 5.76 Å². The number of nitrogens with zero attached hydrogens (tertiary/aromatic N) is 2. The van der Waals surface area contributed by atoms with Crippen molar-refractivity contribution in [3.8, 4) is 0 Å². The first-order valence-corrected chi connectivity index (χ1v) is 5.84. The number of oxazole rings is 1. The number of carbonyl (C=O) groups is 1. The molecule has 0 fully saturated rings. The predicted molar refractivity (Wildman–Crippen MR) is 65.6 cm³/mol. The van der Waals surface area contributed by atoms with E-state index >= 15 is 0 Å². The van der Waals surface area contributed by atoms with E-state index in [9.17, 15) is 4.79 Å². The van der Waals surface area contributed by atoms with Crippen LogP contribution in [0.5, 0.6) is 0 Å². The molecule has 0 aliphatic heterocycles. The van der Waals surface area contributed by atoms with Crippen molar-refractivity contribution in [2.24, 2.45) is 11.7 Å². The fourth-order valence-electron chi connectivity index (χ4n) is 1.46. The third-order valence-electron chi connectivity index (χ3n) is 2.94. The molecule has 2 N–H and O–H groups in total. The molecule has 0 aromatic carbocycles. The topological polar surface area (TPSA) is 72.4 Å². The van der Waals surface area contributed by atoms with Gasteiger partial charge in [0.05, 0.1) is 5.69 Å². The highest BCUT2D eigenvalue weighted by Gasteiger charge is 2.19. The van der Waals surface area contributed by atoms with Crippen LogP contribution in [-0.4, -0.2) is 35.4 Å². The maximum absolute atomic E-state index is 12.0. The zero-order valence-electron chi connectivity index (χ0n) is 10.9. The zero-order valence-corrected chi connectivity index (χ0v) is 10.9. The number of hydrogen-bond donors (Lipinski definition) is 1. The van der Waals surface area contributed by atoms with Crippen LogP contribution in [0.1, 0.15) is 36.5 Å². The van der Waals surface area contributed by atoms with Gasteiger partial charge in [-0.1, -0.05) is 13.8 Å². The summed E-state index contributed by atoms with van der Waals surface area (Å²) in [6.07, 6.45) is 2.07. The Bertz CT molecular complexity index is 374. The molecule has 1 aromatic heterocycles. The molecular weight excluding hydrogens is 218 g/mol. The Labute approximate surface area is 102 Å². The second kappa shape index (κ2) is 5.82. The first kappa shape index (κ1) is 13.7. The highest BCUT2D eigenvalue weighted by Crippen LogP contribution is 2.10. The molecule has 17 heavy (non-hydrogen) atoms. The van der Waals surface area contributed by atoms with Gasteiger partial charge < -0.3 is 15.1 Å². The third-order valence-corrected chi connectivity index (χ3v) is 2.94. The van der Waals surface area contributed by atoms with Gasteiger partial charge in [0.25, 0.3) is 5.91 Å². The Balaban J connectivity index is 2.51. The monoisotopic (exact) mass is 239 g/mol. The molecule has 5 heteroatoms. The highest BCUT2D eigenvalue weighted by atomic mass is 16.3. The van der Waals surface area contributed by atoms with Gasteiger partial charge in [-0.25, -0.2) is 4.98 Å². The van der Waals surface area contributed by atoms with Crippen molar-refractivity contribution in [3.63, 3.8) is 0 Å². The second-order valence-corrected chi connectivity index (χ2v) is 4.69. The summed E-state index contributed by atoms with van der Waals surface area (Å²) in [5, 5.41) is 0. The van der Waals surface area contributed by atoms with Crippen LogP contribution in [0.2, 0.25) is 0 Å². The normalized spacial score (nSPS) is 12.8. The lowest BCUT2D eigenvalue weighted by atomic mass is 10.0. The Morgan fingerprint density at radius 2 is 2.24 bits per heavy atom. The number of carbonyl (C=O) groups excluding carboxylic acids is 1. The minimum absolute atomic E-state index is 0.112. The van der Waals surface area contributed by atoms with E-state index in [2.05, 4.69) is 18.8 Å². The smallest absolute Gasteiger partial charge is 0.291 e. The van der Waals surface area contributed by atoms with Gasteiger partial charge in [-0.2, -0.15) is 0 Å². The average molecular weight is 239 g/mol. The van der Waals surface area contributed by atoms with Gasteiger partial charge in [-0.15, -0.1) is 0 Å². The van der Waals surface area contributed by atoms with Crippen molar-refractivity contribution in [1.29, 1.82) is 0 Å². The highest BCUT2D eigenvalue weighted by molar-refractivity contribution is 5.92. The van der Waals surface area contributed by atoms with Crippen LogP contribution in [0.25, 0.3) is 0 Å². The SMILES string of the molecule is Cc1ncoc1C(=O)N(C)CCC(N)C(C)C. The molecule has 0 saturated heterocycles. The molecule has 0 aliphatic rings. The quantitative estimate of drug-likeness (QED) is 0.843. The van der Waals surface area contributed by atoms with E-state index in [-0.39, 0.29) is 11.9 Å². The van der Waals surface area contributed by atoms with Crippen LogP contribution < -0.4 is 5.73 Å². The number of hydrogen-bond acceptors (Lipinski definition) is 4. The first-order valence-electron chi connectivity index (χ1n) is 5.84. The van der Waals surface area contributed by atoms with Crippen LogP contribution in [0, 0.1) is 12.8 Å². The zero-order chi connectivity index (χ0) is 13.0. The van der Waals surface area contributed by atoms with E-state index < -0.39 is 0 Å². The van der Waals surface area contributed by atoms with E-state index in [1.807, 2.05) is 0 Å². The second-order valence-electron chi connectivity index (χ2n) is 4.69. The number of aryl methyl sites for hydroxylation is 1. The Kier molecular flexibility index (Phi) is 4.69.